The van der Waals surface area contributed by atoms with Crippen LogP contribution in [0.1, 0.15) is 16.8 Å². The van der Waals surface area contributed by atoms with Gasteiger partial charge in [0.1, 0.15) is 17.4 Å². The Morgan fingerprint density at radius 2 is 2.04 bits per heavy atom. The van der Waals surface area contributed by atoms with Crippen molar-refractivity contribution in [1.82, 2.24) is 14.9 Å². The fraction of sp³-hybridized carbons (Fsp3) is 0.238. The summed E-state index contributed by atoms with van der Waals surface area (Å²) < 4.78 is 19.3. The third-order valence-corrected chi connectivity index (χ3v) is 4.85. The molecule has 0 saturated carbocycles. The third kappa shape index (κ3) is 3.61. The molecule has 6 heteroatoms. The van der Waals surface area contributed by atoms with Crippen molar-refractivity contribution in [3.05, 3.63) is 81.5 Å². The molecule has 3 aromatic rings. The average Bonchev–Trinajstić information content (AvgIpc) is 2.70. The van der Waals surface area contributed by atoms with Crippen molar-refractivity contribution >= 4 is 0 Å². The van der Waals surface area contributed by atoms with E-state index in [0.717, 1.165) is 17.8 Å². The monoisotopic (exact) mass is 365 g/mol. The molecule has 0 spiro atoms. The van der Waals surface area contributed by atoms with E-state index in [-0.39, 0.29) is 11.4 Å². The SMILES string of the molecule is COc1ccc(CN2CCc3nc(-c4ccccc4)[nH]c(=O)c3C2)c(F)c1. The lowest BCUT2D eigenvalue weighted by atomic mass is 10.1. The Bertz CT molecular complexity index is 1020. The van der Waals surface area contributed by atoms with Gasteiger partial charge in [-0.1, -0.05) is 36.4 Å². The van der Waals surface area contributed by atoms with E-state index in [2.05, 4.69) is 14.9 Å². The maximum Gasteiger partial charge on any atom is 0.255 e. The standard InChI is InChI=1S/C21H20FN3O2/c1-27-16-8-7-15(18(22)11-16)12-25-10-9-19-17(13-25)21(26)24-20(23-19)14-5-3-2-4-6-14/h2-8,11H,9-10,12-13H2,1H3,(H,23,24,26). The van der Waals surface area contributed by atoms with Crippen molar-refractivity contribution in [2.75, 3.05) is 13.7 Å². The molecular weight excluding hydrogens is 345 g/mol. The van der Waals surface area contributed by atoms with Crippen LogP contribution in [0.25, 0.3) is 11.4 Å². The Kier molecular flexibility index (Phi) is 4.73. The molecule has 2 heterocycles. The van der Waals surface area contributed by atoms with Crippen LogP contribution in [0.5, 0.6) is 5.75 Å². The first-order chi connectivity index (χ1) is 13.1. The number of aromatic amines is 1. The van der Waals surface area contributed by atoms with Gasteiger partial charge in [0.05, 0.1) is 18.4 Å². The number of hydrogen-bond donors (Lipinski definition) is 1. The number of nitrogens with zero attached hydrogens (tertiary/aromatic N) is 2. The molecule has 1 N–H and O–H groups in total. The molecule has 5 nitrogen and oxygen atoms in total. The number of fused-ring (bicyclic) bond motifs is 1. The Morgan fingerprint density at radius 3 is 2.78 bits per heavy atom. The van der Waals surface area contributed by atoms with Crippen LogP contribution in [-0.2, 0) is 19.5 Å². The highest BCUT2D eigenvalue weighted by molar-refractivity contribution is 5.54. The lowest BCUT2D eigenvalue weighted by Crippen LogP contribution is -2.35. The van der Waals surface area contributed by atoms with Crippen molar-refractivity contribution < 1.29 is 9.13 Å². The number of H-pyrrole nitrogens is 1. The van der Waals surface area contributed by atoms with Crippen molar-refractivity contribution in [1.29, 1.82) is 0 Å². The number of hydrogen-bond acceptors (Lipinski definition) is 4. The van der Waals surface area contributed by atoms with Gasteiger partial charge < -0.3 is 9.72 Å². The highest BCUT2D eigenvalue weighted by Crippen LogP contribution is 2.22. The van der Waals surface area contributed by atoms with Crippen LogP contribution in [0.15, 0.2) is 53.3 Å². The molecule has 4 rings (SSSR count). The van der Waals surface area contributed by atoms with Gasteiger partial charge in [0.25, 0.3) is 5.56 Å². The van der Waals surface area contributed by atoms with Gasteiger partial charge in [-0.05, 0) is 6.07 Å². The molecule has 0 amide bonds. The van der Waals surface area contributed by atoms with E-state index >= 15 is 0 Å². The summed E-state index contributed by atoms with van der Waals surface area (Å²) in [5.74, 6) is 0.787. The Morgan fingerprint density at radius 1 is 1.22 bits per heavy atom. The van der Waals surface area contributed by atoms with E-state index in [1.54, 1.807) is 12.1 Å². The predicted molar refractivity (Wildman–Crippen MR) is 101 cm³/mol. The Hall–Kier alpha value is -2.99. The summed E-state index contributed by atoms with van der Waals surface area (Å²) in [5, 5.41) is 0. The smallest absolute Gasteiger partial charge is 0.255 e. The molecule has 0 unspecified atom stereocenters. The van der Waals surface area contributed by atoms with Crippen LogP contribution < -0.4 is 10.3 Å². The van der Waals surface area contributed by atoms with Gasteiger partial charge in [-0.2, -0.15) is 0 Å². The molecule has 0 bridgehead atoms. The minimum absolute atomic E-state index is 0.126. The van der Waals surface area contributed by atoms with Crippen LogP contribution in [0.4, 0.5) is 4.39 Å². The van der Waals surface area contributed by atoms with Crippen molar-refractivity contribution in [3.63, 3.8) is 0 Å². The zero-order valence-corrected chi connectivity index (χ0v) is 15.0. The second-order valence-electron chi connectivity index (χ2n) is 6.62. The third-order valence-electron chi connectivity index (χ3n) is 4.85. The van der Waals surface area contributed by atoms with Gasteiger partial charge >= 0.3 is 0 Å². The largest absolute Gasteiger partial charge is 0.497 e. The first-order valence-corrected chi connectivity index (χ1v) is 8.86. The second-order valence-corrected chi connectivity index (χ2v) is 6.62. The maximum absolute atomic E-state index is 14.2. The summed E-state index contributed by atoms with van der Waals surface area (Å²) in [7, 11) is 1.51. The molecule has 0 aliphatic carbocycles. The lowest BCUT2D eigenvalue weighted by molar-refractivity contribution is 0.238. The molecule has 0 atom stereocenters. The van der Waals surface area contributed by atoms with Gasteiger partial charge in [-0.25, -0.2) is 9.37 Å². The van der Waals surface area contributed by atoms with Crippen LogP contribution in [0.2, 0.25) is 0 Å². The fourth-order valence-corrected chi connectivity index (χ4v) is 3.37. The van der Waals surface area contributed by atoms with E-state index in [1.165, 1.54) is 13.2 Å². The van der Waals surface area contributed by atoms with E-state index in [4.69, 9.17) is 4.74 Å². The first kappa shape index (κ1) is 17.4. The zero-order chi connectivity index (χ0) is 18.8. The summed E-state index contributed by atoms with van der Waals surface area (Å²) in [6, 6.07) is 14.5. The van der Waals surface area contributed by atoms with Crippen LogP contribution in [0, 0.1) is 5.82 Å². The molecular formula is C21H20FN3O2. The van der Waals surface area contributed by atoms with Crippen molar-refractivity contribution in [3.8, 4) is 17.1 Å². The minimum atomic E-state index is -0.299. The Balaban J connectivity index is 1.56. The molecule has 0 fully saturated rings. The van der Waals surface area contributed by atoms with Crippen LogP contribution in [0.3, 0.4) is 0 Å². The minimum Gasteiger partial charge on any atom is -0.497 e. The molecule has 27 heavy (non-hydrogen) atoms. The number of methoxy groups -OCH3 is 1. The topological polar surface area (TPSA) is 58.2 Å². The van der Waals surface area contributed by atoms with Gasteiger partial charge in [-0.3, -0.25) is 9.69 Å². The number of benzene rings is 2. The Labute approximate surface area is 156 Å². The zero-order valence-electron chi connectivity index (χ0n) is 15.0. The molecule has 1 aromatic heterocycles. The average molecular weight is 365 g/mol. The van der Waals surface area contributed by atoms with Crippen LogP contribution >= 0.6 is 0 Å². The number of nitrogens with one attached hydrogen (secondary N) is 1. The van der Waals surface area contributed by atoms with E-state index in [0.29, 0.717) is 42.2 Å². The van der Waals surface area contributed by atoms with Gasteiger partial charge in [0.2, 0.25) is 0 Å². The highest BCUT2D eigenvalue weighted by atomic mass is 19.1. The molecule has 0 saturated heterocycles. The second kappa shape index (κ2) is 7.32. The predicted octanol–water partition coefficient (Wildman–Crippen LogP) is 3.14. The number of aromatic nitrogens is 2. The summed E-state index contributed by atoms with van der Waals surface area (Å²) >= 11 is 0. The number of halogens is 1. The van der Waals surface area contributed by atoms with E-state index in [9.17, 15) is 9.18 Å². The fourth-order valence-electron chi connectivity index (χ4n) is 3.37. The molecule has 2 aromatic carbocycles. The maximum atomic E-state index is 14.2. The summed E-state index contributed by atoms with van der Waals surface area (Å²) in [6.45, 7) is 1.62. The molecule has 1 aliphatic heterocycles. The van der Waals surface area contributed by atoms with Gasteiger partial charge in [-0.15, -0.1) is 0 Å². The summed E-state index contributed by atoms with van der Waals surface area (Å²) in [4.78, 5) is 22.2. The lowest BCUT2D eigenvalue weighted by Gasteiger charge is -2.28. The van der Waals surface area contributed by atoms with Crippen LogP contribution in [-0.4, -0.2) is 28.5 Å². The highest BCUT2D eigenvalue weighted by Gasteiger charge is 2.22. The normalized spacial score (nSPS) is 14.0. The quantitative estimate of drug-likeness (QED) is 0.772. The molecule has 0 radical (unpaired) electrons. The first-order valence-electron chi connectivity index (χ1n) is 8.86. The van der Waals surface area contributed by atoms with Gasteiger partial charge in [0.15, 0.2) is 0 Å². The number of rotatable bonds is 4. The number of ether oxygens (including phenoxy) is 1. The summed E-state index contributed by atoms with van der Waals surface area (Å²) in [5.41, 5.74) is 2.84. The molecule has 1 aliphatic rings. The summed E-state index contributed by atoms with van der Waals surface area (Å²) in [6.07, 6.45) is 0.664. The van der Waals surface area contributed by atoms with E-state index in [1.807, 2.05) is 30.3 Å². The van der Waals surface area contributed by atoms with Crippen molar-refractivity contribution in [2.24, 2.45) is 0 Å². The van der Waals surface area contributed by atoms with E-state index < -0.39 is 0 Å². The van der Waals surface area contributed by atoms with Crippen molar-refractivity contribution in [2.45, 2.75) is 19.5 Å². The molecule has 138 valence electrons. The van der Waals surface area contributed by atoms with Gasteiger partial charge in [0, 0.05) is 43.2 Å².